The molecule has 6 nitrogen and oxygen atoms in total. The van der Waals surface area contributed by atoms with E-state index in [-0.39, 0.29) is 6.10 Å². The van der Waals surface area contributed by atoms with Gasteiger partial charge in [0.1, 0.15) is 29.2 Å². The maximum atomic E-state index is 10.7. The van der Waals surface area contributed by atoms with Crippen molar-refractivity contribution in [2.45, 2.75) is 19.4 Å². The van der Waals surface area contributed by atoms with Crippen molar-refractivity contribution in [2.75, 3.05) is 12.2 Å². The maximum Gasteiger partial charge on any atom is 0.404 e. The molecule has 22 heavy (non-hydrogen) atoms. The van der Waals surface area contributed by atoms with Crippen LogP contribution in [0.4, 0.5) is 4.79 Å². The van der Waals surface area contributed by atoms with E-state index >= 15 is 0 Å². The Kier molecular flexibility index (Phi) is 5.71. The number of carbonyl (C=O) groups excluding carboxylic acids is 1. The van der Waals surface area contributed by atoms with Crippen LogP contribution in [0.25, 0.3) is 11.3 Å². The normalized spacial score (nSPS) is 11.9. The summed E-state index contributed by atoms with van der Waals surface area (Å²) < 4.78 is 15.6. The van der Waals surface area contributed by atoms with Crippen molar-refractivity contribution in [3.05, 3.63) is 36.1 Å². The van der Waals surface area contributed by atoms with Crippen molar-refractivity contribution in [3.8, 4) is 17.0 Å². The quantitative estimate of drug-likeness (QED) is 0.788. The average Bonchev–Trinajstić information content (AvgIpc) is 2.93. The highest BCUT2D eigenvalue weighted by Crippen LogP contribution is 2.23. The van der Waals surface area contributed by atoms with Gasteiger partial charge < -0.3 is 19.7 Å². The van der Waals surface area contributed by atoms with Crippen LogP contribution in [0.15, 0.2) is 34.9 Å². The second kappa shape index (κ2) is 7.74. The molecular weight excluding hydrogens is 304 g/mol. The van der Waals surface area contributed by atoms with E-state index in [1.807, 2.05) is 36.6 Å². The van der Waals surface area contributed by atoms with Gasteiger partial charge in [0, 0.05) is 18.1 Å². The fraction of sp³-hybridized carbons (Fsp3) is 0.333. The van der Waals surface area contributed by atoms with Crippen LogP contribution in [0.3, 0.4) is 0 Å². The standard InChI is InChI=1S/C15H18N2O4S/c1-10(20-15(16)18)7-13-8-14(17-21-13)11-3-5-12(6-4-11)19-9-22-2/h3-6,8,10H,7,9H2,1-2H3,(H2,16,18). The molecule has 7 heteroatoms. The molecule has 118 valence electrons. The molecule has 0 spiro atoms. The van der Waals surface area contributed by atoms with E-state index in [1.165, 1.54) is 0 Å². The van der Waals surface area contributed by atoms with E-state index in [4.69, 9.17) is 19.7 Å². The fourth-order valence-electron chi connectivity index (χ4n) is 1.92. The van der Waals surface area contributed by atoms with Gasteiger partial charge in [-0.2, -0.15) is 0 Å². The molecule has 1 heterocycles. The van der Waals surface area contributed by atoms with Crippen LogP contribution < -0.4 is 10.5 Å². The summed E-state index contributed by atoms with van der Waals surface area (Å²) in [5.74, 6) is 2.06. The van der Waals surface area contributed by atoms with Crippen LogP contribution >= 0.6 is 11.8 Å². The summed E-state index contributed by atoms with van der Waals surface area (Å²) in [6.07, 6.45) is 1.24. The molecule has 1 atom stereocenters. The zero-order chi connectivity index (χ0) is 15.9. The average molecular weight is 322 g/mol. The summed E-state index contributed by atoms with van der Waals surface area (Å²) in [7, 11) is 0. The minimum atomic E-state index is -0.798. The molecular formula is C15H18N2O4S. The highest BCUT2D eigenvalue weighted by Gasteiger charge is 2.12. The molecule has 0 fully saturated rings. The summed E-state index contributed by atoms with van der Waals surface area (Å²) in [5, 5.41) is 4.02. The van der Waals surface area contributed by atoms with Crippen molar-refractivity contribution in [1.82, 2.24) is 5.16 Å². The highest BCUT2D eigenvalue weighted by atomic mass is 32.2. The van der Waals surface area contributed by atoms with E-state index in [0.717, 1.165) is 17.0 Å². The highest BCUT2D eigenvalue weighted by molar-refractivity contribution is 7.98. The van der Waals surface area contributed by atoms with Crippen molar-refractivity contribution in [2.24, 2.45) is 5.73 Å². The number of hydrogen-bond donors (Lipinski definition) is 1. The molecule has 1 amide bonds. The second-order valence-electron chi connectivity index (χ2n) is 4.71. The van der Waals surface area contributed by atoms with E-state index in [0.29, 0.717) is 18.1 Å². The second-order valence-corrected chi connectivity index (χ2v) is 5.52. The van der Waals surface area contributed by atoms with Gasteiger partial charge >= 0.3 is 6.09 Å². The molecule has 1 unspecified atom stereocenters. The molecule has 0 saturated carbocycles. The number of nitrogens with two attached hydrogens (primary N) is 1. The Morgan fingerprint density at radius 3 is 2.77 bits per heavy atom. The Hall–Kier alpha value is -2.15. The molecule has 2 aromatic rings. The molecule has 0 aliphatic carbocycles. The lowest BCUT2D eigenvalue weighted by Gasteiger charge is -2.07. The summed E-state index contributed by atoms with van der Waals surface area (Å²) in [6, 6.07) is 9.43. The first-order valence-corrected chi connectivity index (χ1v) is 8.11. The Morgan fingerprint density at radius 2 is 2.14 bits per heavy atom. The molecule has 0 bridgehead atoms. The molecule has 1 aromatic carbocycles. The minimum Gasteiger partial charge on any atom is -0.483 e. The number of aromatic nitrogens is 1. The first kappa shape index (κ1) is 16.2. The third-order valence-electron chi connectivity index (χ3n) is 2.86. The Balaban J connectivity index is 2.00. The van der Waals surface area contributed by atoms with Crippen LogP contribution in [-0.4, -0.2) is 29.5 Å². The van der Waals surface area contributed by atoms with Crippen LogP contribution in [-0.2, 0) is 11.2 Å². The fourth-order valence-corrected chi connectivity index (χ4v) is 2.17. The van der Waals surface area contributed by atoms with Gasteiger partial charge in [0.05, 0.1) is 0 Å². The molecule has 1 aromatic heterocycles. The lowest BCUT2D eigenvalue weighted by Crippen LogP contribution is -2.21. The number of nitrogens with zero attached hydrogens (tertiary/aromatic N) is 1. The van der Waals surface area contributed by atoms with Crippen LogP contribution in [0, 0.1) is 0 Å². The van der Waals surface area contributed by atoms with Gasteiger partial charge in [0.15, 0.2) is 0 Å². The Labute approximate surface area is 132 Å². The summed E-state index contributed by atoms with van der Waals surface area (Å²) >= 11 is 1.62. The van der Waals surface area contributed by atoms with Gasteiger partial charge in [0.2, 0.25) is 0 Å². The van der Waals surface area contributed by atoms with Crippen molar-refractivity contribution < 1.29 is 18.8 Å². The van der Waals surface area contributed by atoms with Gasteiger partial charge in [-0.05, 0) is 37.4 Å². The lowest BCUT2D eigenvalue weighted by molar-refractivity contribution is 0.112. The van der Waals surface area contributed by atoms with Gasteiger partial charge in [0.25, 0.3) is 0 Å². The number of carbonyl (C=O) groups is 1. The Bertz CT molecular complexity index is 612. The topological polar surface area (TPSA) is 87.6 Å². The first-order valence-electron chi connectivity index (χ1n) is 6.72. The molecule has 0 saturated heterocycles. The zero-order valence-electron chi connectivity index (χ0n) is 12.4. The largest absolute Gasteiger partial charge is 0.483 e. The van der Waals surface area contributed by atoms with Crippen molar-refractivity contribution in [1.29, 1.82) is 0 Å². The predicted molar refractivity (Wildman–Crippen MR) is 84.8 cm³/mol. The lowest BCUT2D eigenvalue weighted by atomic mass is 10.1. The van der Waals surface area contributed by atoms with Gasteiger partial charge in [-0.1, -0.05) is 5.16 Å². The third-order valence-corrected chi connectivity index (χ3v) is 3.21. The first-order chi connectivity index (χ1) is 10.6. The van der Waals surface area contributed by atoms with Crippen LogP contribution in [0.5, 0.6) is 5.75 Å². The Morgan fingerprint density at radius 1 is 1.41 bits per heavy atom. The van der Waals surface area contributed by atoms with E-state index in [2.05, 4.69) is 5.16 Å². The van der Waals surface area contributed by atoms with E-state index in [1.54, 1.807) is 18.7 Å². The number of amides is 1. The van der Waals surface area contributed by atoms with Crippen LogP contribution in [0.1, 0.15) is 12.7 Å². The monoisotopic (exact) mass is 322 g/mol. The summed E-state index contributed by atoms with van der Waals surface area (Å²) in [5.41, 5.74) is 6.62. The van der Waals surface area contributed by atoms with Crippen molar-refractivity contribution in [3.63, 3.8) is 0 Å². The van der Waals surface area contributed by atoms with Gasteiger partial charge in [-0.3, -0.25) is 0 Å². The van der Waals surface area contributed by atoms with E-state index in [9.17, 15) is 4.79 Å². The third kappa shape index (κ3) is 4.70. The summed E-state index contributed by atoms with van der Waals surface area (Å²) in [6.45, 7) is 1.74. The number of benzene rings is 1. The molecule has 2 N–H and O–H groups in total. The zero-order valence-corrected chi connectivity index (χ0v) is 13.3. The maximum absolute atomic E-state index is 10.7. The number of thioether (sulfide) groups is 1. The number of primary amides is 1. The number of hydrogen-bond acceptors (Lipinski definition) is 6. The van der Waals surface area contributed by atoms with Gasteiger partial charge in [-0.15, -0.1) is 11.8 Å². The van der Waals surface area contributed by atoms with E-state index < -0.39 is 6.09 Å². The number of rotatable bonds is 7. The smallest absolute Gasteiger partial charge is 0.404 e. The molecule has 2 rings (SSSR count). The summed E-state index contributed by atoms with van der Waals surface area (Å²) in [4.78, 5) is 10.7. The molecule has 0 aliphatic rings. The SMILES string of the molecule is CSCOc1ccc(-c2cc(CC(C)OC(N)=O)on2)cc1. The molecule has 0 aliphatic heterocycles. The minimum absolute atomic E-state index is 0.361. The van der Waals surface area contributed by atoms with Gasteiger partial charge in [-0.25, -0.2) is 4.79 Å². The predicted octanol–water partition coefficient (Wildman–Crippen LogP) is 3.07. The van der Waals surface area contributed by atoms with Crippen molar-refractivity contribution >= 4 is 17.9 Å². The van der Waals surface area contributed by atoms with Crippen LogP contribution in [0.2, 0.25) is 0 Å². The number of ether oxygens (including phenoxy) is 2. The molecule has 0 radical (unpaired) electrons.